The van der Waals surface area contributed by atoms with Crippen molar-refractivity contribution < 1.29 is 9.53 Å². The fraction of sp³-hybridized carbons (Fsp3) is 0.316. The van der Waals surface area contributed by atoms with E-state index in [-0.39, 0.29) is 5.91 Å². The maximum absolute atomic E-state index is 12.2. The summed E-state index contributed by atoms with van der Waals surface area (Å²) in [4.78, 5) is 12.2. The summed E-state index contributed by atoms with van der Waals surface area (Å²) < 4.78 is 5.02. The molecular weight excluding hydrogens is 288 g/mol. The van der Waals surface area contributed by atoms with Crippen LogP contribution >= 0.6 is 0 Å². The average molecular weight is 312 g/mol. The number of aryl methyl sites for hydroxylation is 1. The second-order valence-corrected chi connectivity index (χ2v) is 5.54. The molecule has 0 aliphatic carbocycles. The molecule has 2 rings (SSSR count). The Bertz CT molecular complexity index is 624. The number of amides is 1. The van der Waals surface area contributed by atoms with Gasteiger partial charge in [0.15, 0.2) is 0 Å². The van der Waals surface area contributed by atoms with E-state index in [0.717, 1.165) is 42.9 Å². The van der Waals surface area contributed by atoms with Crippen molar-refractivity contribution in [2.45, 2.75) is 19.9 Å². The Morgan fingerprint density at radius 1 is 1.13 bits per heavy atom. The zero-order chi connectivity index (χ0) is 16.5. The minimum atomic E-state index is -0.0878. The largest absolute Gasteiger partial charge is 0.385 e. The van der Waals surface area contributed by atoms with Crippen LogP contribution in [-0.2, 0) is 11.3 Å². The number of carbonyl (C=O) groups is 1. The molecule has 2 aromatic rings. The van der Waals surface area contributed by atoms with Gasteiger partial charge in [-0.25, -0.2) is 0 Å². The van der Waals surface area contributed by atoms with Crippen LogP contribution < -0.4 is 10.6 Å². The third-order valence-corrected chi connectivity index (χ3v) is 3.53. The monoisotopic (exact) mass is 312 g/mol. The highest BCUT2D eigenvalue weighted by Gasteiger charge is 2.06. The van der Waals surface area contributed by atoms with Gasteiger partial charge in [0.05, 0.1) is 0 Å². The number of anilines is 1. The third kappa shape index (κ3) is 5.85. The lowest BCUT2D eigenvalue weighted by Gasteiger charge is -2.09. The van der Waals surface area contributed by atoms with Crippen molar-refractivity contribution in [1.82, 2.24) is 5.32 Å². The van der Waals surface area contributed by atoms with Crippen molar-refractivity contribution in [2.75, 3.05) is 25.6 Å². The van der Waals surface area contributed by atoms with Crippen LogP contribution in [0.15, 0.2) is 48.5 Å². The molecule has 4 nitrogen and oxygen atoms in total. The van der Waals surface area contributed by atoms with Crippen LogP contribution in [0.25, 0.3) is 0 Å². The van der Waals surface area contributed by atoms with E-state index in [1.165, 1.54) is 0 Å². The quantitative estimate of drug-likeness (QED) is 0.735. The maximum atomic E-state index is 12.2. The molecular formula is C19H24N2O2. The molecule has 0 bridgehead atoms. The van der Waals surface area contributed by atoms with E-state index < -0.39 is 0 Å². The van der Waals surface area contributed by atoms with Crippen LogP contribution in [0.2, 0.25) is 0 Å². The SMILES string of the molecule is COCCCNCc1cccc(NC(=O)c2ccc(C)cc2)c1. The first-order chi connectivity index (χ1) is 11.2. The summed E-state index contributed by atoms with van der Waals surface area (Å²) in [7, 11) is 1.71. The second kappa shape index (κ2) is 9.08. The minimum Gasteiger partial charge on any atom is -0.385 e. The molecule has 0 spiro atoms. The summed E-state index contributed by atoms with van der Waals surface area (Å²) in [5, 5.41) is 6.30. The Labute approximate surface area is 137 Å². The van der Waals surface area contributed by atoms with Gasteiger partial charge in [0.1, 0.15) is 0 Å². The maximum Gasteiger partial charge on any atom is 0.255 e. The van der Waals surface area contributed by atoms with Crippen LogP contribution in [0.1, 0.15) is 27.9 Å². The van der Waals surface area contributed by atoms with Gasteiger partial charge < -0.3 is 15.4 Å². The molecule has 1 amide bonds. The highest BCUT2D eigenvalue weighted by atomic mass is 16.5. The number of hydrogen-bond donors (Lipinski definition) is 2. The number of methoxy groups -OCH3 is 1. The Balaban J connectivity index is 1.89. The van der Waals surface area contributed by atoms with Gasteiger partial charge in [-0.1, -0.05) is 29.8 Å². The lowest BCUT2D eigenvalue weighted by molar-refractivity contribution is 0.102. The molecule has 0 radical (unpaired) electrons. The minimum absolute atomic E-state index is 0.0878. The Kier molecular flexibility index (Phi) is 6.78. The van der Waals surface area contributed by atoms with Crippen LogP contribution in [0.5, 0.6) is 0 Å². The van der Waals surface area contributed by atoms with E-state index in [2.05, 4.69) is 10.6 Å². The Morgan fingerprint density at radius 2 is 1.91 bits per heavy atom. The molecule has 0 aliphatic rings. The third-order valence-electron chi connectivity index (χ3n) is 3.53. The first kappa shape index (κ1) is 17.2. The summed E-state index contributed by atoms with van der Waals surface area (Å²) in [6.45, 7) is 4.45. The normalized spacial score (nSPS) is 10.5. The first-order valence-electron chi connectivity index (χ1n) is 7.85. The molecule has 0 saturated heterocycles. The van der Waals surface area contributed by atoms with E-state index >= 15 is 0 Å². The van der Waals surface area contributed by atoms with E-state index in [1.54, 1.807) is 7.11 Å². The Hall–Kier alpha value is -2.17. The highest BCUT2D eigenvalue weighted by Crippen LogP contribution is 2.13. The topological polar surface area (TPSA) is 50.4 Å². The number of ether oxygens (including phenoxy) is 1. The van der Waals surface area contributed by atoms with Crippen molar-refractivity contribution in [3.8, 4) is 0 Å². The lowest BCUT2D eigenvalue weighted by atomic mass is 10.1. The molecule has 0 heterocycles. The predicted octanol–water partition coefficient (Wildman–Crippen LogP) is 3.37. The van der Waals surface area contributed by atoms with Crippen LogP contribution in [0.4, 0.5) is 5.69 Å². The number of benzene rings is 2. The summed E-state index contributed by atoms with van der Waals surface area (Å²) in [6.07, 6.45) is 0.986. The molecule has 0 saturated carbocycles. The highest BCUT2D eigenvalue weighted by molar-refractivity contribution is 6.04. The number of carbonyl (C=O) groups excluding carboxylic acids is 1. The summed E-state index contributed by atoms with van der Waals surface area (Å²) in [6, 6.07) is 15.5. The predicted molar refractivity (Wildman–Crippen MR) is 93.8 cm³/mol. The zero-order valence-corrected chi connectivity index (χ0v) is 13.8. The van der Waals surface area contributed by atoms with Crippen molar-refractivity contribution in [1.29, 1.82) is 0 Å². The summed E-state index contributed by atoms with van der Waals surface area (Å²) in [5.74, 6) is -0.0878. The number of nitrogens with one attached hydrogen (secondary N) is 2. The Morgan fingerprint density at radius 3 is 2.65 bits per heavy atom. The lowest BCUT2D eigenvalue weighted by Crippen LogP contribution is -2.16. The van der Waals surface area contributed by atoms with E-state index in [1.807, 2.05) is 55.5 Å². The van der Waals surface area contributed by atoms with E-state index in [9.17, 15) is 4.79 Å². The fourth-order valence-electron chi connectivity index (χ4n) is 2.24. The van der Waals surface area contributed by atoms with Gasteiger partial charge in [0.25, 0.3) is 5.91 Å². The van der Waals surface area contributed by atoms with E-state index in [4.69, 9.17) is 4.74 Å². The van der Waals surface area contributed by atoms with Gasteiger partial charge in [-0.2, -0.15) is 0 Å². The van der Waals surface area contributed by atoms with Crippen molar-refractivity contribution in [3.63, 3.8) is 0 Å². The van der Waals surface area contributed by atoms with Crippen molar-refractivity contribution in [2.24, 2.45) is 0 Å². The van der Waals surface area contributed by atoms with Gasteiger partial charge >= 0.3 is 0 Å². The second-order valence-electron chi connectivity index (χ2n) is 5.54. The molecule has 23 heavy (non-hydrogen) atoms. The van der Waals surface area contributed by atoms with Crippen LogP contribution in [0, 0.1) is 6.92 Å². The van der Waals surface area contributed by atoms with Crippen molar-refractivity contribution in [3.05, 3.63) is 65.2 Å². The smallest absolute Gasteiger partial charge is 0.255 e. The first-order valence-corrected chi connectivity index (χ1v) is 7.85. The molecule has 0 fully saturated rings. The van der Waals surface area contributed by atoms with Crippen LogP contribution in [-0.4, -0.2) is 26.2 Å². The molecule has 122 valence electrons. The zero-order valence-electron chi connectivity index (χ0n) is 13.8. The number of rotatable bonds is 8. The standard InChI is InChI=1S/C19H24N2O2/c1-15-7-9-17(10-8-15)19(22)21-18-6-3-5-16(13-18)14-20-11-4-12-23-2/h3,5-10,13,20H,4,11-12,14H2,1-2H3,(H,21,22). The summed E-state index contributed by atoms with van der Waals surface area (Å²) >= 11 is 0. The van der Waals surface area contributed by atoms with Gasteiger partial charge in [0.2, 0.25) is 0 Å². The van der Waals surface area contributed by atoms with Crippen LogP contribution in [0.3, 0.4) is 0 Å². The molecule has 4 heteroatoms. The molecule has 0 aliphatic heterocycles. The van der Waals surface area contributed by atoms with Crippen molar-refractivity contribution >= 4 is 11.6 Å². The molecule has 0 unspecified atom stereocenters. The van der Waals surface area contributed by atoms with Gasteiger partial charge in [-0.3, -0.25) is 4.79 Å². The molecule has 0 aromatic heterocycles. The molecule has 2 aromatic carbocycles. The molecule has 0 atom stereocenters. The van der Waals surface area contributed by atoms with Gasteiger partial charge in [-0.05, 0) is 49.7 Å². The van der Waals surface area contributed by atoms with Gasteiger partial charge in [0, 0.05) is 31.5 Å². The van der Waals surface area contributed by atoms with E-state index in [0.29, 0.717) is 5.56 Å². The average Bonchev–Trinajstić information content (AvgIpc) is 2.55. The van der Waals surface area contributed by atoms with Gasteiger partial charge in [-0.15, -0.1) is 0 Å². The summed E-state index contributed by atoms with van der Waals surface area (Å²) in [5.41, 5.74) is 3.76. The number of hydrogen-bond acceptors (Lipinski definition) is 3. The molecule has 2 N–H and O–H groups in total. The fourth-order valence-corrected chi connectivity index (χ4v) is 2.24.